The molecule has 1 N–H and O–H groups in total. The Balaban J connectivity index is 4.16. The van der Waals surface area contributed by atoms with Crippen molar-refractivity contribution in [3.63, 3.8) is 0 Å². The van der Waals surface area contributed by atoms with E-state index < -0.39 is 0 Å². The van der Waals surface area contributed by atoms with Crippen molar-refractivity contribution < 1.29 is 5.11 Å². The Morgan fingerprint density at radius 2 is 1.82 bits per heavy atom. The lowest BCUT2D eigenvalue weighted by atomic mass is 10.0. The molecule has 11 heavy (non-hydrogen) atoms. The first-order valence-electron chi connectivity index (χ1n) is 4.31. The summed E-state index contributed by atoms with van der Waals surface area (Å²) in [5.74, 6) is 0. The summed E-state index contributed by atoms with van der Waals surface area (Å²) in [6.45, 7) is 10.8. The molecule has 0 saturated heterocycles. The van der Waals surface area contributed by atoms with Crippen LogP contribution in [-0.2, 0) is 0 Å². The number of nitrogens with zero attached hydrogens (tertiary/aromatic N) is 1. The monoisotopic (exact) mass is 159 g/mol. The molecule has 0 aromatic carbocycles. The summed E-state index contributed by atoms with van der Waals surface area (Å²) in [7, 11) is 0. The van der Waals surface area contributed by atoms with E-state index in [2.05, 4.69) is 39.5 Å². The fourth-order valence-electron chi connectivity index (χ4n) is 1.23. The topological polar surface area (TPSA) is 23.5 Å². The molecule has 0 aliphatic rings. The molecule has 0 radical (unpaired) electrons. The summed E-state index contributed by atoms with van der Waals surface area (Å²) in [5.41, 5.74) is 0.0736. The molecule has 0 rings (SSSR count). The van der Waals surface area contributed by atoms with Crippen molar-refractivity contribution in [1.29, 1.82) is 0 Å². The molecule has 0 aliphatic heterocycles. The molecule has 0 aliphatic carbocycles. The van der Waals surface area contributed by atoms with Crippen LogP contribution >= 0.6 is 0 Å². The van der Waals surface area contributed by atoms with E-state index in [0.29, 0.717) is 6.04 Å². The minimum absolute atomic E-state index is 0.0736. The second-order valence-corrected chi connectivity index (χ2v) is 4.04. The molecular formula is C9H21NO. The number of aliphatic hydroxyl groups is 1. The highest BCUT2D eigenvalue weighted by molar-refractivity contribution is 4.77. The maximum absolute atomic E-state index is 9.09. The highest BCUT2D eigenvalue weighted by Gasteiger charge is 2.23. The molecule has 2 heteroatoms. The third kappa shape index (κ3) is 3.21. The minimum atomic E-state index is 0.0736. The van der Waals surface area contributed by atoms with Gasteiger partial charge in [-0.2, -0.15) is 0 Å². The van der Waals surface area contributed by atoms with Gasteiger partial charge in [0, 0.05) is 11.6 Å². The van der Waals surface area contributed by atoms with Crippen LogP contribution < -0.4 is 0 Å². The Labute approximate surface area is 70.2 Å². The summed E-state index contributed by atoms with van der Waals surface area (Å²) in [6.07, 6.45) is 1.08. The predicted octanol–water partition coefficient (Wildman–Crippen LogP) is 1.84. The first-order valence-corrected chi connectivity index (χ1v) is 4.31. The number of hydrogen-bond donors (Lipinski definition) is 1. The molecule has 68 valence electrons. The van der Waals surface area contributed by atoms with Gasteiger partial charge in [0.2, 0.25) is 0 Å². The molecule has 1 atom stereocenters. The van der Waals surface area contributed by atoms with E-state index in [-0.39, 0.29) is 12.3 Å². The molecule has 0 aromatic heterocycles. The Morgan fingerprint density at radius 3 is 1.91 bits per heavy atom. The van der Waals surface area contributed by atoms with E-state index >= 15 is 0 Å². The van der Waals surface area contributed by atoms with Crippen molar-refractivity contribution in [3.05, 3.63) is 0 Å². The Kier molecular flexibility index (Phi) is 4.04. The van der Waals surface area contributed by atoms with Gasteiger partial charge in [-0.25, -0.2) is 0 Å². The molecule has 0 saturated carbocycles. The van der Waals surface area contributed by atoms with E-state index in [4.69, 9.17) is 5.11 Å². The third-order valence-electron chi connectivity index (χ3n) is 2.14. The van der Waals surface area contributed by atoms with E-state index in [9.17, 15) is 0 Å². The zero-order valence-corrected chi connectivity index (χ0v) is 8.39. The fraction of sp³-hybridized carbons (Fsp3) is 1.00. The van der Waals surface area contributed by atoms with Crippen LogP contribution in [0.2, 0.25) is 0 Å². The molecule has 0 amide bonds. The van der Waals surface area contributed by atoms with Crippen LogP contribution in [-0.4, -0.2) is 28.3 Å². The van der Waals surface area contributed by atoms with Crippen LogP contribution in [0, 0.1) is 0 Å². The third-order valence-corrected chi connectivity index (χ3v) is 2.14. The number of aliphatic hydroxyl groups excluding tert-OH is 1. The van der Waals surface area contributed by atoms with Crippen molar-refractivity contribution in [2.24, 2.45) is 0 Å². The minimum Gasteiger partial charge on any atom is -0.381 e. The summed E-state index contributed by atoms with van der Waals surface area (Å²) < 4.78 is 0. The van der Waals surface area contributed by atoms with Gasteiger partial charge < -0.3 is 5.11 Å². The molecule has 0 bridgehead atoms. The lowest BCUT2D eigenvalue weighted by molar-refractivity contribution is 0.000763. The van der Waals surface area contributed by atoms with E-state index in [1.807, 2.05) is 0 Å². The van der Waals surface area contributed by atoms with Crippen molar-refractivity contribution in [2.75, 3.05) is 6.73 Å². The van der Waals surface area contributed by atoms with Gasteiger partial charge >= 0.3 is 0 Å². The molecule has 1 unspecified atom stereocenters. The Hall–Kier alpha value is -0.0800. The quantitative estimate of drug-likeness (QED) is 0.635. The van der Waals surface area contributed by atoms with Crippen LogP contribution in [0.4, 0.5) is 0 Å². The fourth-order valence-corrected chi connectivity index (χ4v) is 1.23. The van der Waals surface area contributed by atoms with Crippen molar-refractivity contribution in [3.8, 4) is 0 Å². The average Bonchev–Trinajstić information content (AvgIpc) is 1.86. The van der Waals surface area contributed by atoms with Gasteiger partial charge in [0.1, 0.15) is 0 Å². The highest BCUT2D eigenvalue weighted by Crippen LogP contribution is 2.17. The van der Waals surface area contributed by atoms with Crippen molar-refractivity contribution >= 4 is 0 Å². The van der Waals surface area contributed by atoms with E-state index in [1.54, 1.807) is 0 Å². The zero-order valence-electron chi connectivity index (χ0n) is 8.39. The molecule has 0 aromatic rings. The van der Waals surface area contributed by atoms with Gasteiger partial charge in [-0.3, -0.25) is 4.90 Å². The zero-order chi connectivity index (χ0) is 9.07. The summed E-state index contributed by atoms with van der Waals surface area (Å²) in [5, 5.41) is 9.09. The molecule has 0 heterocycles. The highest BCUT2D eigenvalue weighted by atomic mass is 16.3. The lowest BCUT2D eigenvalue weighted by Gasteiger charge is -2.38. The molecular weight excluding hydrogens is 138 g/mol. The Bertz CT molecular complexity index is 107. The maximum Gasteiger partial charge on any atom is 0.0963 e. The van der Waals surface area contributed by atoms with Crippen LogP contribution in [0.3, 0.4) is 0 Å². The first kappa shape index (κ1) is 10.9. The van der Waals surface area contributed by atoms with Crippen LogP contribution in [0.1, 0.15) is 41.0 Å². The standard InChI is InChI=1S/C9H21NO/c1-6-8(2)10(7-11)9(3,4)5/h8,11H,6-7H2,1-5H3. The molecule has 0 fully saturated rings. The summed E-state index contributed by atoms with van der Waals surface area (Å²) in [4.78, 5) is 2.09. The van der Waals surface area contributed by atoms with Crippen LogP contribution in [0.15, 0.2) is 0 Å². The van der Waals surface area contributed by atoms with Gasteiger partial charge in [-0.1, -0.05) is 6.92 Å². The smallest absolute Gasteiger partial charge is 0.0963 e. The first-order chi connectivity index (χ1) is 4.93. The number of hydrogen-bond acceptors (Lipinski definition) is 2. The van der Waals surface area contributed by atoms with Crippen molar-refractivity contribution in [1.82, 2.24) is 4.90 Å². The van der Waals surface area contributed by atoms with Gasteiger partial charge in [0.25, 0.3) is 0 Å². The van der Waals surface area contributed by atoms with Crippen LogP contribution in [0.25, 0.3) is 0 Å². The van der Waals surface area contributed by atoms with Gasteiger partial charge in [0.15, 0.2) is 0 Å². The Morgan fingerprint density at radius 1 is 1.36 bits per heavy atom. The predicted molar refractivity (Wildman–Crippen MR) is 48.4 cm³/mol. The molecule has 2 nitrogen and oxygen atoms in total. The van der Waals surface area contributed by atoms with Gasteiger partial charge in [0.05, 0.1) is 6.73 Å². The number of rotatable bonds is 3. The molecule has 0 spiro atoms. The van der Waals surface area contributed by atoms with Gasteiger partial charge in [-0.15, -0.1) is 0 Å². The van der Waals surface area contributed by atoms with E-state index in [1.165, 1.54) is 0 Å². The largest absolute Gasteiger partial charge is 0.381 e. The second-order valence-electron chi connectivity index (χ2n) is 4.04. The summed E-state index contributed by atoms with van der Waals surface area (Å²) in [6, 6.07) is 0.458. The van der Waals surface area contributed by atoms with E-state index in [0.717, 1.165) is 6.42 Å². The van der Waals surface area contributed by atoms with Gasteiger partial charge in [-0.05, 0) is 34.1 Å². The van der Waals surface area contributed by atoms with Crippen LogP contribution in [0.5, 0.6) is 0 Å². The van der Waals surface area contributed by atoms with Crippen molar-refractivity contribution in [2.45, 2.75) is 52.6 Å². The average molecular weight is 159 g/mol. The SMILES string of the molecule is CCC(C)N(CO)C(C)(C)C. The summed E-state index contributed by atoms with van der Waals surface area (Å²) >= 11 is 0. The lowest BCUT2D eigenvalue weighted by Crippen LogP contribution is -2.47. The second kappa shape index (κ2) is 4.07. The normalized spacial score (nSPS) is 15.5. The maximum atomic E-state index is 9.09.